The van der Waals surface area contributed by atoms with Crippen LogP contribution in [-0.4, -0.2) is 17.2 Å². The smallest absolute Gasteiger partial charge is 0.416 e. The Bertz CT molecular complexity index is 778. The maximum absolute atomic E-state index is 13.7. The van der Waals surface area contributed by atoms with Crippen molar-refractivity contribution < 1.29 is 32.4 Å². The highest BCUT2D eigenvalue weighted by atomic mass is 19.4. The number of anilines is 1. The quantitative estimate of drug-likeness (QED) is 0.505. The summed E-state index contributed by atoms with van der Waals surface area (Å²) in [5.41, 5.74) is -1.84. The lowest BCUT2D eigenvalue weighted by molar-refractivity contribution is -0.384. The van der Waals surface area contributed by atoms with E-state index in [1.807, 2.05) is 0 Å². The fourth-order valence-corrected chi connectivity index (χ4v) is 1.87. The van der Waals surface area contributed by atoms with Crippen LogP contribution in [0.2, 0.25) is 0 Å². The predicted octanol–water partition coefficient (Wildman–Crippen LogP) is 4.37. The van der Waals surface area contributed by atoms with Gasteiger partial charge in [0, 0.05) is 19.2 Å². The van der Waals surface area contributed by atoms with Crippen LogP contribution in [0, 0.1) is 15.9 Å². The lowest BCUT2D eigenvalue weighted by Crippen LogP contribution is -2.12. The molecule has 1 N–H and O–H groups in total. The minimum Gasteiger partial charge on any atom is -0.454 e. The van der Waals surface area contributed by atoms with E-state index in [2.05, 4.69) is 0 Å². The Morgan fingerprint density at radius 3 is 2.38 bits per heavy atom. The largest absolute Gasteiger partial charge is 0.454 e. The molecule has 0 aliphatic carbocycles. The Morgan fingerprint density at radius 1 is 1.21 bits per heavy atom. The normalized spacial score (nSPS) is 11.2. The van der Waals surface area contributed by atoms with Crippen molar-refractivity contribution in [3.8, 4) is 11.5 Å². The predicted molar refractivity (Wildman–Crippen MR) is 74.8 cm³/mol. The van der Waals surface area contributed by atoms with E-state index in [-0.39, 0.29) is 17.5 Å². The molecule has 0 saturated heterocycles. The van der Waals surface area contributed by atoms with Crippen LogP contribution >= 0.6 is 0 Å². The lowest BCUT2D eigenvalue weighted by Gasteiger charge is -2.14. The molecule has 2 rings (SSSR count). The first-order valence-corrected chi connectivity index (χ1v) is 6.35. The number of nitro benzene ring substituents is 1. The monoisotopic (exact) mass is 346 g/mol. The van der Waals surface area contributed by atoms with Crippen LogP contribution in [0.4, 0.5) is 28.9 Å². The number of nitrogens with zero attached hydrogens (tertiary/aromatic N) is 2. The molecule has 0 bridgehead atoms. The maximum atomic E-state index is 13.7. The first-order chi connectivity index (χ1) is 11.1. The Balaban J connectivity index is 2.35. The average molecular weight is 346 g/mol. The molecule has 24 heavy (non-hydrogen) atoms. The zero-order chi connectivity index (χ0) is 18.1. The standard InChI is InChI=1S/C14H10F4N2O4/c1-19(21)12-7-9(3-4-11(12)20(22)23)24-13-5-2-8(6-10(13)15)14(16,17)18/h2-7,21H,1H3. The van der Waals surface area contributed by atoms with Crippen molar-refractivity contribution in [2.45, 2.75) is 6.18 Å². The molecule has 0 aliphatic rings. The van der Waals surface area contributed by atoms with Crippen molar-refractivity contribution in [1.29, 1.82) is 0 Å². The molecule has 10 heteroatoms. The Hall–Kier alpha value is -2.88. The molecule has 2 aromatic rings. The van der Waals surface area contributed by atoms with Crippen LogP contribution < -0.4 is 9.80 Å². The van der Waals surface area contributed by atoms with Gasteiger partial charge in [-0.25, -0.2) is 4.39 Å². The Morgan fingerprint density at radius 2 is 1.88 bits per heavy atom. The molecule has 0 atom stereocenters. The average Bonchev–Trinajstić information content (AvgIpc) is 2.47. The zero-order valence-electron chi connectivity index (χ0n) is 12.0. The molecular formula is C14H10F4N2O4. The van der Waals surface area contributed by atoms with E-state index in [1.165, 1.54) is 0 Å². The third-order valence-corrected chi connectivity index (χ3v) is 2.98. The van der Waals surface area contributed by atoms with Crippen molar-refractivity contribution in [1.82, 2.24) is 0 Å². The lowest BCUT2D eigenvalue weighted by atomic mass is 10.2. The van der Waals surface area contributed by atoms with Crippen LogP contribution in [0.25, 0.3) is 0 Å². The molecule has 0 radical (unpaired) electrons. The molecule has 128 valence electrons. The summed E-state index contributed by atoms with van der Waals surface area (Å²) in [6, 6.07) is 4.90. The van der Waals surface area contributed by atoms with E-state index in [1.54, 1.807) is 0 Å². The van der Waals surface area contributed by atoms with Crippen LogP contribution in [0.15, 0.2) is 36.4 Å². The van der Waals surface area contributed by atoms with Gasteiger partial charge in [0.25, 0.3) is 5.69 Å². The number of nitro groups is 1. The molecule has 0 unspecified atom stereocenters. The molecule has 0 heterocycles. The van der Waals surface area contributed by atoms with Crippen molar-refractivity contribution in [3.05, 3.63) is 57.9 Å². The van der Waals surface area contributed by atoms with Gasteiger partial charge in [-0.1, -0.05) is 0 Å². The summed E-state index contributed by atoms with van der Waals surface area (Å²) in [6.07, 6.45) is -4.69. The number of alkyl halides is 3. The minimum atomic E-state index is -4.69. The number of rotatable bonds is 4. The van der Waals surface area contributed by atoms with Crippen LogP contribution in [0.3, 0.4) is 0 Å². The maximum Gasteiger partial charge on any atom is 0.416 e. The van der Waals surface area contributed by atoms with Crippen LogP contribution in [0.5, 0.6) is 11.5 Å². The molecule has 0 amide bonds. The molecule has 0 fully saturated rings. The van der Waals surface area contributed by atoms with Gasteiger partial charge in [0.15, 0.2) is 11.6 Å². The summed E-state index contributed by atoms with van der Waals surface area (Å²) < 4.78 is 56.3. The highest BCUT2D eigenvalue weighted by molar-refractivity contribution is 5.64. The van der Waals surface area contributed by atoms with E-state index < -0.39 is 33.9 Å². The SMILES string of the molecule is CN(O)c1cc(Oc2ccc(C(F)(F)F)cc2F)ccc1[N+](=O)[O-]. The second-order valence-electron chi connectivity index (χ2n) is 4.68. The summed E-state index contributed by atoms with van der Waals surface area (Å²) >= 11 is 0. The van der Waals surface area contributed by atoms with E-state index >= 15 is 0 Å². The number of ether oxygens (including phenoxy) is 1. The van der Waals surface area contributed by atoms with Gasteiger partial charge in [-0.3, -0.25) is 20.4 Å². The van der Waals surface area contributed by atoms with E-state index in [0.717, 1.165) is 31.3 Å². The number of hydrogen-bond donors (Lipinski definition) is 1. The summed E-state index contributed by atoms with van der Waals surface area (Å²) in [7, 11) is 1.13. The third kappa shape index (κ3) is 3.71. The molecule has 0 aliphatic heterocycles. The van der Waals surface area contributed by atoms with Gasteiger partial charge in [0.1, 0.15) is 11.4 Å². The summed E-state index contributed by atoms with van der Waals surface area (Å²) in [5.74, 6) is -1.85. The van der Waals surface area contributed by atoms with Gasteiger partial charge in [0.05, 0.1) is 10.5 Å². The van der Waals surface area contributed by atoms with E-state index in [0.29, 0.717) is 11.1 Å². The molecule has 2 aromatic carbocycles. The number of hydroxylamine groups is 1. The number of benzene rings is 2. The summed E-state index contributed by atoms with van der Waals surface area (Å²) in [4.78, 5) is 10.1. The minimum absolute atomic E-state index is 0.102. The van der Waals surface area contributed by atoms with E-state index in [9.17, 15) is 32.9 Å². The Labute approximate surface area is 132 Å². The van der Waals surface area contributed by atoms with Gasteiger partial charge in [0.2, 0.25) is 0 Å². The van der Waals surface area contributed by atoms with Gasteiger partial charge < -0.3 is 4.74 Å². The van der Waals surface area contributed by atoms with Gasteiger partial charge in [-0.2, -0.15) is 13.2 Å². The summed E-state index contributed by atoms with van der Waals surface area (Å²) in [5, 5.41) is 20.7. The van der Waals surface area contributed by atoms with Crippen molar-refractivity contribution >= 4 is 11.4 Å². The highest BCUT2D eigenvalue weighted by Crippen LogP contribution is 2.36. The molecule has 0 saturated carbocycles. The molecule has 0 aromatic heterocycles. The van der Waals surface area contributed by atoms with Crippen LogP contribution in [0.1, 0.15) is 5.56 Å². The van der Waals surface area contributed by atoms with Crippen LogP contribution in [-0.2, 0) is 6.18 Å². The number of halogens is 4. The second kappa shape index (κ2) is 6.32. The molecule has 0 spiro atoms. The highest BCUT2D eigenvalue weighted by Gasteiger charge is 2.31. The molecule has 6 nitrogen and oxygen atoms in total. The first kappa shape index (κ1) is 17.5. The van der Waals surface area contributed by atoms with Crippen molar-refractivity contribution in [2.75, 3.05) is 12.1 Å². The number of hydrogen-bond acceptors (Lipinski definition) is 5. The van der Waals surface area contributed by atoms with Gasteiger partial charge in [-0.15, -0.1) is 0 Å². The van der Waals surface area contributed by atoms with Gasteiger partial charge >= 0.3 is 6.18 Å². The first-order valence-electron chi connectivity index (χ1n) is 6.35. The summed E-state index contributed by atoms with van der Waals surface area (Å²) in [6.45, 7) is 0. The fourth-order valence-electron chi connectivity index (χ4n) is 1.87. The molecular weight excluding hydrogens is 336 g/mol. The van der Waals surface area contributed by atoms with Crippen molar-refractivity contribution in [2.24, 2.45) is 0 Å². The van der Waals surface area contributed by atoms with E-state index in [4.69, 9.17) is 4.74 Å². The Kier molecular flexibility index (Phi) is 4.60. The zero-order valence-corrected chi connectivity index (χ0v) is 12.0. The van der Waals surface area contributed by atoms with Crippen molar-refractivity contribution in [3.63, 3.8) is 0 Å². The third-order valence-electron chi connectivity index (χ3n) is 2.98. The van der Waals surface area contributed by atoms with Gasteiger partial charge in [-0.05, 0) is 24.3 Å². The second-order valence-corrected chi connectivity index (χ2v) is 4.68. The fraction of sp³-hybridized carbons (Fsp3) is 0.143. The topological polar surface area (TPSA) is 75.8 Å².